The smallest absolute Gasteiger partial charge is 0.316 e. The van der Waals surface area contributed by atoms with Crippen LogP contribution in [-0.4, -0.2) is 36.6 Å². The number of aldehydes is 2. The minimum Gasteiger partial charge on any atom is -0.376 e. The number of allylic oxidation sites excluding steroid dienone is 3. The third kappa shape index (κ3) is 22.7. The number of hydrogen-bond donors (Lipinski definition) is 2. The third-order valence-electron chi connectivity index (χ3n) is 5.03. The van der Waals surface area contributed by atoms with Crippen LogP contribution in [0.15, 0.2) is 67.3 Å². The van der Waals surface area contributed by atoms with Crippen molar-refractivity contribution in [2.45, 2.75) is 86.2 Å². The summed E-state index contributed by atoms with van der Waals surface area (Å²) >= 11 is 0. The van der Waals surface area contributed by atoms with Crippen LogP contribution in [0.25, 0.3) is 5.57 Å². The van der Waals surface area contributed by atoms with Gasteiger partial charge in [-0.2, -0.15) is 0 Å². The lowest BCUT2D eigenvalue weighted by Gasteiger charge is -2.19. The predicted octanol–water partition coefficient (Wildman–Crippen LogP) is 7.98. The molecule has 2 rings (SSSR count). The average molecular weight is 567 g/mol. The molecule has 0 atom stereocenters. The maximum Gasteiger partial charge on any atom is 0.316 e. The Kier molecular flexibility index (Phi) is 23.0. The number of hydrogen-bond acceptors (Lipinski definition) is 5. The molecule has 7 nitrogen and oxygen atoms in total. The van der Waals surface area contributed by atoms with Gasteiger partial charge in [0.05, 0.1) is 5.60 Å². The van der Waals surface area contributed by atoms with Gasteiger partial charge in [0.25, 0.3) is 0 Å². The second-order valence-electron chi connectivity index (χ2n) is 9.66. The van der Waals surface area contributed by atoms with Crippen molar-refractivity contribution < 1.29 is 23.9 Å². The number of unbranched alkanes of at least 4 members (excludes halogenated alkanes) is 2. The van der Waals surface area contributed by atoms with Gasteiger partial charge in [-0.3, -0.25) is 9.59 Å². The number of primary amides is 1. The topological polar surface area (TPSA) is 116 Å². The first-order chi connectivity index (χ1) is 19.4. The van der Waals surface area contributed by atoms with E-state index < -0.39 is 6.03 Å². The van der Waals surface area contributed by atoms with Gasteiger partial charge in [0.2, 0.25) is 0 Å². The van der Waals surface area contributed by atoms with Gasteiger partial charge >= 0.3 is 6.03 Å². The summed E-state index contributed by atoms with van der Waals surface area (Å²) in [5, 5.41) is 2.51. The summed E-state index contributed by atoms with van der Waals surface area (Å²) in [6.07, 6.45) is 9.36. The molecule has 41 heavy (non-hydrogen) atoms. The molecule has 226 valence electrons. The number of carbonyl (C=O) groups is 4. The fourth-order valence-electron chi connectivity index (χ4n) is 3.09. The van der Waals surface area contributed by atoms with E-state index in [0.29, 0.717) is 29.7 Å². The molecule has 0 aliphatic heterocycles. The van der Waals surface area contributed by atoms with Gasteiger partial charge in [0.1, 0.15) is 12.6 Å². The molecular formula is C34H50N2O5. The SMILES string of the molecule is C=C(/C=C\C(=O)CCc1cccc(NC(N)=O)c1)c1ccc(C=O)cc1.CC.CC=O.CCCCCOC(C)(C)C. The van der Waals surface area contributed by atoms with Crippen molar-refractivity contribution in [1.29, 1.82) is 0 Å². The molecule has 2 aromatic rings. The highest BCUT2D eigenvalue weighted by atomic mass is 16.5. The van der Waals surface area contributed by atoms with Crippen LogP contribution in [0, 0.1) is 0 Å². The van der Waals surface area contributed by atoms with E-state index in [0.717, 1.165) is 30.3 Å². The Morgan fingerprint density at radius 3 is 2.12 bits per heavy atom. The number of anilines is 1. The van der Waals surface area contributed by atoms with Gasteiger partial charge in [-0.25, -0.2) is 4.79 Å². The number of urea groups is 1. The summed E-state index contributed by atoms with van der Waals surface area (Å²) in [6, 6.07) is 13.6. The molecule has 0 heterocycles. The summed E-state index contributed by atoms with van der Waals surface area (Å²) in [5.41, 5.74) is 8.81. The number of ether oxygens (including phenoxy) is 1. The van der Waals surface area contributed by atoms with Crippen LogP contribution >= 0.6 is 0 Å². The van der Waals surface area contributed by atoms with E-state index in [-0.39, 0.29) is 11.4 Å². The second-order valence-corrected chi connectivity index (χ2v) is 9.66. The Hall–Kier alpha value is -3.84. The van der Waals surface area contributed by atoms with Crippen LogP contribution in [0.5, 0.6) is 0 Å². The van der Waals surface area contributed by atoms with Crippen molar-refractivity contribution in [3.8, 4) is 0 Å². The number of nitrogens with one attached hydrogen (secondary N) is 1. The van der Waals surface area contributed by atoms with E-state index in [1.165, 1.54) is 32.3 Å². The summed E-state index contributed by atoms with van der Waals surface area (Å²) in [4.78, 5) is 42.4. The van der Waals surface area contributed by atoms with Crippen molar-refractivity contribution in [1.82, 2.24) is 0 Å². The number of benzene rings is 2. The molecule has 0 radical (unpaired) electrons. The maximum atomic E-state index is 12.1. The Balaban J connectivity index is 0. The van der Waals surface area contributed by atoms with Crippen LogP contribution in [0.4, 0.5) is 10.5 Å². The standard InChI is InChI=1S/C21H20N2O3.C9H20O.C2H4O.C2H6/c1-15(18-9-6-17(14-24)7-10-18)5-11-20(25)12-8-16-3-2-4-19(13-16)23-21(22)26;1-5-6-7-8-10-9(2,3)4;1-2-3;1-2/h2-7,9-11,13-14H,1,8,12H2,(H3,22,23,26);5-8H2,1-4H3;2H,1H3;1-2H3/b11-5-;;;. The van der Waals surface area contributed by atoms with Gasteiger partial charge in [0.15, 0.2) is 5.78 Å². The van der Waals surface area contributed by atoms with E-state index in [2.05, 4.69) is 39.6 Å². The molecule has 2 amide bonds. The van der Waals surface area contributed by atoms with E-state index >= 15 is 0 Å². The lowest BCUT2D eigenvalue weighted by Crippen LogP contribution is -2.19. The third-order valence-corrected chi connectivity index (χ3v) is 5.03. The molecule has 0 unspecified atom stereocenters. The molecule has 3 N–H and O–H groups in total. The molecule has 2 aromatic carbocycles. The molecule has 7 heteroatoms. The number of amides is 2. The zero-order valence-electron chi connectivity index (χ0n) is 26.0. The first kappa shape index (κ1) is 39.3. The highest BCUT2D eigenvalue weighted by molar-refractivity contribution is 5.93. The zero-order valence-corrected chi connectivity index (χ0v) is 26.0. The second kappa shape index (κ2) is 24.0. The Bertz CT molecular complexity index is 1070. The van der Waals surface area contributed by atoms with Crippen molar-refractivity contribution in [3.05, 3.63) is 84.0 Å². The minimum atomic E-state index is -0.624. The van der Waals surface area contributed by atoms with Gasteiger partial charge in [0, 0.05) is 24.3 Å². The van der Waals surface area contributed by atoms with Crippen LogP contribution in [0.3, 0.4) is 0 Å². The van der Waals surface area contributed by atoms with Crippen LogP contribution < -0.4 is 11.1 Å². The molecule has 0 aromatic heterocycles. The maximum absolute atomic E-state index is 12.1. The van der Waals surface area contributed by atoms with Crippen molar-refractivity contribution in [3.63, 3.8) is 0 Å². The lowest BCUT2D eigenvalue weighted by atomic mass is 10.0. The molecule has 0 aliphatic rings. The fourth-order valence-corrected chi connectivity index (χ4v) is 3.09. The molecular weight excluding hydrogens is 516 g/mol. The summed E-state index contributed by atoms with van der Waals surface area (Å²) in [5.74, 6) is -0.0241. The number of nitrogens with two attached hydrogens (primary N) is 1. The van der Waals surface area contributed by atoms with Gasteiger partial charge in [-0.1, -0.05) is 82.7 Å². The van der Waals surface area contributed by atoms with Gasteiger partial charge < -0.3 is 20.6 Å². The molecule has 0 bridgehead atoms. The molecule has 0 saturated carbocycles. The van der Waals surface area contributed by atoms with Crippen LogP contribution in [0.2, 0.25) is 0 Å². The predicted molar refractivity (Wildman–Crippen MR) is 171 cm³/mol. The van der Waals surface area contributed by atoms with E-state index in [1.807, 2.05) is 19.9 Å². The molecule has 0 aliphatic carbocycles. The molecule has 0 saturated heterocycles. The first-order valence-electron chi connectivity index (χ1n) is 14.1. The number of aryl methyl sites for hydroxylation is 1. The van der Waals surface area contributed by atoms with Crippen LogP contribution in [-0.2, 0) is 20.7 Å². The highest BCUT2D eigenvalue weighted by Gasteiger charge is 2.08. The number of carbonyl (C=O) groups excluding carboxylic acids is 4. The Morgan fingerprint density at radius 1 is 1.00 bits per heavy atom. The fraction of sp³-hybridized carbons (Fsp3) is 0.412. The zero-order chi connectivity index (χ0) is 31.7. The monoisotopic (exact) mass is 566 g/mol. The van der Waals surface area contributed by atoms with Crippen molar-refractivity contribution in [2.24, 2.45) is 5.73 Å². The van der Waals surface area contributed by atoms with Crippen LogP contribution in [0.1, 0.15) is 95.6 Å². The molecule has 0 spiro atoms. The first-order valence-corrected chi connectivity index (χ1v) is 14.1. The summed E-state index contributed by atoms with van der Waals surface area (Å²) in [7, 11) is 0. The van der Waals surface area contributed by atoms with Gasteiger partial charge in [-0.05, 0) is 75.4 Å². The molecule has 0 fully saturated rings. The summed E-state index contributed by atoms with van der Waals surface area (Å²) < 4.78 is 5.53. The quantitative estimate of drug-likeness (QED) is 0.117. The highest BCUT2D eigenvalue weighted by Crippen LogP contribution is 2.15. The van der Waals surface area contributed by atoms with E-state index in [1.54, 1.807) is 48.5 Å². The number of ketones is 1. The van der Waals surface area contributed by atoms with Crippen molar-refractivity contribution in [2.75, 3.05) is 11.9 Å². The van der Waals surface area contributed by atoms with E-state index in [9.17, 15) is 14.4 Å². The average Bonchev–Trinajstić information content (AvgIpc) is 2.94. The minimum absolute atomic E-state index is 0.0241. The lowest BCUT2D eigenvalue weighted by molar-refractivity contribution is -0.114. The number of rotatable bonds is 12. The van der Waals surface area contributed by atoms with E-state index in [4.69, 9.17) is 15.3 Å². The normalized spacial score (nSPS) is 10.0. The Morgan fingerprint density at radius 2 is 1.61 bits per heavy atom. The summed E-state index contributed by atoms with van der Waals surface area (Å²) in [6.45, 7) is 18.8. The van der Waals surface area contributed by atoms with Crippen molar-refractivity contribution >= 4 is 35.6 Å². The largest absolute Gasteiger partial charge is 0.376 e. The van der Waals surface area contributed by atoms with Gasteiger partial charge in [-0.15, -0.1) is 0 Å². The Labute approximate surface area is 247 Å².